The number of hydrogen-bond donors (Lipinski definition) is 2. The van der Waals surface area contributed by atoms with Gasteiger partial charge in [0, 0.05) is 26.2 Å². The molecule has 116 valence electrons. The minimum absolute atomic E-state index is 0.141. The quantitative estimate of drug-likeness (QED) is 0.884. The fraction of sp³-hybridized carbons (Fsp3) is 0.200. The van der Waals surface area contributed by atoms with E-state index >= 15 is 0 Å². The summed E-state index contributed by atoms with van der Waals surface area (Å²) >= 11 is 0. The van der Waals surface area contributed by atoms with Crippen molar-refractivity contribution in [1.29, 1.82) is 0 Å². The number of hydrogen-bond acceptors (Lipinski definition) is 5. The molecule has 0 aromatic heterocycles. The third kappa shape index (κ3) is 2.86. The van der Waals surface area contributed by atoms with Crippen molar-refractivity contribution in [3.05, 3.63) is 42.5 Å². The Morgan fingerprint density at radius 1 is 1.14 bits per heavy atom. The van der Waals surface area contributed by atoms with Gasteiger partial charge in [0.15, 0.2) is 0 Å². The molecule has 0 spiro atoms. The van der Waals surface area contributed by atoms with Crippen LogP contribution in [0.3, 0.4) is 0 Å². The zero-order valence-corrected chi connectivity index (χ0v) is 12.8. The van der Waals surface area contributed by atoms with E-state index in [4.69, 9.17) is 4.74 Å². The molecule has 0 saturated heterocycles. The lowest BCUT2D eigenvalue weighted by atomic mass is 10.2. The number of nitrogens with one attached hydrogen (secondary N) is 1. The van der Waals surface area contributed by atoms with Gasteiger partial charge in [0.05, 0.1) is 5.69 Å². The van der Waals surface area contributed by atoms with Crippen molar-refractivity contribution >= 4 is 15.7 Å². The monoisotopic (exact) mass is 320 g/mol. The number of likely N-dealkylation sites (N-methyl/N-ethyl adjacent to an activating group) is 1. The van der Waals surface area contributed by atoms with Gasteiger partial charge in [-0.15, -0.1) is 0 Å². The van der Waals surface area contributed by atoms with Crippen LogP contribution in [0, 0.1) is 0 Å². The first-order chi connectivity index (χ1) is 10.5. The van der Waals surface area contributed by atoms with Crippen molar-refractivity contribution in [3.8, 4) is 17.2 Å². The smallest absolute Gasteiger partial charge is 0.242 e. The normalized spacial score (nSPS) is 16.7. The van der Waals surface area contributed by atoms with Gasteiger partial charge < -0.3 is 14.7 Å². The number of rotatable bonds is 2. The van der Waals surface area contributed by atoms with Crippen LogP contribution in [0.25, 0.3) is 0 Å². The van der Waals surface area contributed by atoms with E-state index in [1.54, 1.807) is 24.3 Å². The topological polar surface area (TPSA) is 78.9 Å². The molecule has 0 radical (unpaired) electrons. The highest BCUT2D eigenvalue weighted by atomic mass is 32.2. The van der Waals surface area contributed by atoms with Gasteiger partial charge in [0.25, 0.3) is 0 Å². The van der Waals surface area contributed by atoms with Crippen LogP contribution < -0.4 is 14.4 Å². The number of anilines is 1. The van der Waals surface area contributed by atoms with Crippen LogP contribution in [0.15, 0.2) is 47.4 Å². The molecule has 7 heteroatoms. The molecule has 22 heavy (non-hydrogen) atoms. The van der Waals surface area contributed by atoms with Gasteiger partial charge in [-0.2, -0.15) is 0 Å². The number of benzene rings is 2. The van der Waals surface area contributed by atoms with E-state index in [0.717, 1.165) is 0 Å². The van der Waals surface area contributed by atoms with Crippen molar-refractivity contribution in [3.63, 3.8) is 0 Å². The maximum atomic E-state index is 12.3. The Morgan fingerprint density at radius 2 is 1.82 bits per heavy atom. The Labute approximate surface area is 129 Å². The van der Waals surface area contributed by atoms with E-state index in [-0.39, 0.29) is 10.6 Å². The molecule has 2 N–H and O–H groups in total. The fourth-order valence-corrected chi connectivity index (χ4v) is 3.57. The van der Waals surface area contributed by atoms with Crippen molar-refractivity contribution in [1.82, 2.24) is 4.72 Å². The summed E-state index contributed by atoms with van der Waals surface area (Å²) in [7, 11) is -1.70. The average Bonchev–Trinajstić information content (AvgIpc) is 2.59. The summed E-state index contributed by atoms with van der Waals surface area (Å²) in [5, 5.41) is 9.26. The van der Waals surface area contributed by atoms with Crippen LogP contribution in [0.1, 0.15) is 0 Å². The Bertz CT molecular complexity index is 788. The highest BCUT2D eigenvalue weighted by Gasteiger charge is 2.24. The predicted molar refractivity (Wildman–Crippen MR) is 83.1 cm³/mol. The third-order valence-corrected chi connectivity index (χ3v) is 4.93. The van der Waals surface area contributed by atoms with E-state index in [1.807, 2.05) is 11.9 Å². The van der Waals surface area contributed by atoms with Gasteiger partial charge in [-0.25, -0.2) is 13.1 Å². The zero-order chi connectivity index (χ0) is 15.7. The summed E-state index contributed by atoms with van der Waals surface area (Å²) in [6.45, 7) is 0.964. The molecule has 1 aliphatic heterocycles. The molecule has 1 aliphatic rings. The van der Waals surface area contributed by atoms with E-state index in [0.29, 0.717) is 30.3 Å². The second kappa shape index (κ2) is 5.51. The highest BCUT2D eigenvalue weighted by Crippen LogP contribution is 2.32. The van der Waals surface area contributed by atoms with E-state index in [2.05, 4.69) is 4.72 Å². The third-order valence-electron chi connectivity index (χ3n) is 3.44. The number of ether oxygens (including phenoxy) is 1. The number of phenols is 1. The Kier molecular flexibility index (Phi) is 3.67. The van der Waals surface area contributed by atoms with Crippen LogP contribution in [0.5, 0.6) is 17.2 Å². The Balaban J connectivity index is 1.98. The molecule has 2 aromatic carbocycles. The molecule has 0 aliphatic carbocycles. The van der Waals surface area contributed by atoms with Crippen LogP contribution in [0.4, 0.5) is 5.69 Å². The first-order valence-electron chi connectivity index (χ1n) is 6.77. The molecule has 0 fully saturated rings. The zero-order valence-electron chi connectivity index (χ0n) is 12.0. The Hall–Kier alpha value is -2.25. The molecule has 0 bridgehead atoms. The van der Waals surface area contributed by atoms with Crippen molar-refractivity contribution in [2.24, 2.45) is 0 Å². The summed E-state index contributed by atoms with van der Waals surface area (Å²) < 4.78 is 32.7. The molecule has 2 aromatic rings. The maximum Gasteiger partial charge on any atom is 0.242 e. The van der Waals surface area contributed by atoms with E-state index in [1.165, 1.54) is 18.2 Å². The van der Waals surface area contributed by atoms with Gasteiger partial charge in [-0.1, -0.05) is 0 Å². The maximum absolute atomic E-state index is 12.3. The first kappa shape index (κ1) is 14.7. The summed E-state index contributed by atoms with van der Waals surface area (Å²) in [6.07, 6.45) is 0. The lowest BCUT2D eigenvalue weighted by molar-refractivity contribution is 0.463. The van der Waals surface area contributed by atoms with Gasteiger partial charge >= 0.3 is 0 Å². The minimum Gasteiger partial charge on any atom is -0.508 e. The van der Waals surface area contributed by atoms with Crippen LogP contribution in [-0.2, 0) is 10.0 Å². The lowest BCUT2D eigenvalue weighted by Gasteiger charge is -2.18. The van der Waals surface area contributed by atoms with Crippen molar-refractivity contribution in [2.45, 2.75) is 4.90 Å². The molecule has 0 saturated carbocycles. The average molecular weight is 320 g/mol. The summed E-state index contributed by atoms with van der Waals surface area (Å²) in [6, 6.07) is 11.2. The molecular formula is C15H16N2O4S. The van der Waals surface area contributed by atoms with Crippen LogP contribution >= 0.6 is 0 Å². The predicted octanol–water partition coefficient (Wildman–Crippen LogP) is 1.91. The SMILES string of the molecule is CN1CCNS(=O)(=O)c2cc(Oc3ccc(O)cc3)ccc21. The molecule has 6 nitrogen and oxygen atoms in total. The number of aromatic hydroxyl groups is 1. The van der Waals surface area contributed by atoms with Crippen LogP contribution in [-0.4, -0.2) is 33.7 Å². The number of fused-ring (bicyclic) bond motifs is 1. The summed E-state index contributed by atoms with van der Waals surface area (Å²) in [5.74, 6) is 1.08. The van der Waals surface area contributed by atoms with Gasteiger partial charge in [0.1, 0.15) is 22.1 Å². The molecule has 3 rings (SSSR count). The van der Waals surface area contributed by atoms with Gasteiger partial charge in [-0.3, -0.25) is 0 Å². The number of sulfonamides is 1. The lowest BCUT2D eigenvalue weighted by Crippen LogP contribution is -2.27. The molecule has 0 amide bonds. The Morgan fingerprint density at radius 3 is 2.55 bits per heavy atom. The highest BCUT2D eigenvalue weighted by molar-refractivity contribution is 7.89. The molecular weight excluding hydrogens is 304 g/mol. The van der Waals surface area contributed by atoms with Crippen molar-refractivity contribution < 1.29 is 18.3 Å². The standard InChI is InChI=1S/C15H16N2O4S/c1-17-9-8-16-22(19,20)15-10-13(6-7-14(15)17)21-12-4-2-11(18)3-5-12/h2-7,10,16,18H,8-9H2,1H3. The van der Waals surface area contributed by atoms with Gasteiger partial charge in [0.2, 0.25) is 10.0 Å². The molecule has 1 heterocycles. The largest absolute Gasteiger partial charge is 0.508 e. The van der Waals surface area contributed by atoms with E-state index in [9.17, 15) is 13.5 Å². The second-order valence-corrected chi connectivity index (χ2v) is 6.78. The molecule has 0 atom stereocenters. The fourth-order valence-electron chi connectivity index (χ4n) is 2.28. The van der Waals surface area contributed by atoms with Crippen LogP contribution in [0.2, 0.25) is 0 Å². The van der Waals surface area contributed by atoms with Gasteiger partial charge in [-0.05, 0) is 36.4 Å². The van der Waals surface area contributed by atoms with Crippen molar-refractivity contribution in [2.75, 3.05) is 25.0 Å². The molecule has 0 unspecified atom stereocenters. The minimum atomic E-state index is -3.54. The number of nitrogens with zero attached hydrogens (tertiary/aromatic N) is 1. The summed E-state index contributed by atoms with van der Waals surface area (Å²) in [4.78, 5) is 2.08. The second-order valence-electron chi connectivity index (χ2n) is 5.04. The summed E-state index contributed by atoms with van der Waals surface area (Å²) in [5.41, 5.74) is 0.642. The number of phenolic OH excluding ortho intramolecular Hbond substituents is 1. The first-order valence-corrected chi connectivity index (χ1v) is 8.26. The van der Waals surface area contributed by atoms with E-state index < -0.39 is 10.0 Å².